The predicted octanol–water partition coefficient (Wildman–Crippen LogP) is 0.279. The molecule has 0 heterocycles. The number of hydrogen-bond donors (Lipinski definition) is 0. The number of methoxy groups -OCH3 is 2. The summed E-state index contributed by atoms with van der Waals surface area (Å²) in [6, 6.07) is 0. The van der Waals surface area contributed by atoms with E-state index in [-0.39, 0.29) is 35.6 Å². The third kappa shape index (κ3) is 11.0. The van der Waals surface area contributed by atoms with Crippen LogP contribution in [-0.4, -0.2) is 27.4 Å². The Morgan fingerprint density at radius 3 is 1.43 bits per heavy atom. The Morgan fingerprint density at radius 2 is 1.29 bits per heavy atom. The molecular formula is C4H10LaO2. The molecule has 0 N–H and O–H groups in total. The van der Waals surface area contributed by atoms with E-state index in [9.17, 15) is 0 Å². The van der Waals surface area contributed by atoms with Gasteiger partial charge in [-0.25, -0.2) is 0 Å². The third-order valence-electron chi connectivity index (χ3n) is 0.492. The van der Waals surface area contributed by atoms with Crippen molar-refractivity contribution in [1.29, 1.82) is 0 Å². The Hall–Kier alpha value is 1.11. The molecular weight excluding hydrogens is 219 g/mol. The fourth-order valence-electron chi connectivity index (χ4n) is 0.167. The average Bonchev–Trinajstić information content (AvgIpc) is 1.61. The number of rotatable bonds is 3. The molecule has 0 aromatic carbocycles. The molecule has 41 valence electrons. The molecule has 0 aromatic rings. The van der Waals surface area contributed by atoms with Crippen molar-refractivity contribution in [1.82, 2.24) is 0 Å². The predicted molar refractivity (Wildman–Crippen MR) is 23.8 cm³/mol. The van der Waals surface area contributed by atoms with E-state index in [1.807, 2.05) is 0 Å². The molecule has 0 spiro atoms. The molecule has 1 radical (unpaired) electrons. The smallest absolute Gasteiger partial charge is 0.0696 e. The van der Waals surface area contributed by atoms with Crippen LogP contribution in [0.4, 0.5) is 0 Å². The van der Waals surface area contributed by atoms with Crippen LogP contribution in [0.3, 0.4) is 0 Å². The van der Waals surface area contributed by atoms with Gasteiger partial charge in [-0.15, -0.1) is 0 Å². The van der Waals surface area contributed by atoms with Crippen molar-refractivity contribution in [2.24, 2.45) is 0 Å². The zero-order chi connectivity index (χ0) is 4.83. The first-order chi connectivity index (χ1) is 2.91. The van der Waals surface area contributed by atoms with Gasteiger partial charge in [0, 0.05) is 49.8 Å². The van der Waals surface area contributed by atoms with Crippen LogP contribution in [0.15, 0.2) is 0 Å². The largest absolute Gasteiger partial charge is 0.382 e. The molecule has 0 aliphatic rings. The fourth-order valence-corrected chi connectivity index (χ4v) is 0.167. The quantitative estimate of drug-likeness (QED) is 0.647. The van der Waals surface area contributed by atoms with E-state index in [4.69, 9.17) is 0 Å². The fraction of sp³-hybridized carbons (Fsp3) is 1.00. The molecule has 0 fully saturated rings. The van der Waals surface area contributed by atoms with Gasteiger partial charge in [0.05, 0.1) is 13.2 Å². The molecule has 0 aliphatic heterocycles. The van der Waals surface area contributed by atoms with Crippen molar-refractivity contribution in [3.8, 4) is 0 Å². The van der Waals surface area contributed by atoms with Crippen LogP contribution in [0.1, 0.15) is 0 Å². The number of hydrogen-bond acceptors (Lipinski definition) is 2. The van der Waals surface area contributed by atoms with Crippen molar-refractivity contribution in [2.75, 3.05) is 27.4 Å². The van der Waals surface area contributed by atoms with Crippen LogP contribution in [-0.2, 0) is 9.47 Å². The normalized spacial score (nSPS) is 7.71. The Balaban J connectivity index is 0. The SMILES string of the molecule is COCCOC.[La]. The van der Waals surface area contributed by atoms with Crippen LogP contribution < -0.4 is 0 Å². The van der Waals surface area contributed by atoms with E-state index < -0.39 is 0 Å². The van der Waals surface area contributed by atoms with Crippen molar-refractivity contribution < 1.29 is 45.1 Å². The van der Waals surface area contributed by atoms with Crippen LogP contribution in [0.2, 0.25) is 0 Å². The zero-order valence-electron chi connectivity index (χ0n) is 4.81. The summed E-state index contributed by atoms with van der Waals surface area (Å²) in [5, 5.41) is 0. The summed E-state index contributed by atoms with van der Waals surface area (Å²) in [7, 11) is 3.30. The molecule has 0 aliphatic carbocycles. The van der Waals surface area contributed by atoms with E-state index in [0.29, 0.717) is 13.2 Å². The molecule has 0 rings (SSSR count). The van der Waals surface area contributed by atoms with Crippen LogP contribution in [0, 0.1) is 35.6 Å². The van der Waals surface area contributed by atoms with E-state index in [0.717, 1.165) is 0 Å². The van der Waals surface area contributed by atoms with Gasteiger partial charge in [0.15, 0.2) is 0 Å². The van der Waals surface area contributed by atoms with Gasteiger partial charge < -0.3 is 9.47 Å². The Labute approximate surface area is 72.2 Å². The van der Waals surface area contributed by atoms with Gasteiger partial charge in [-0.05, 0) is 0 Å². The van der Waals surface area contributed by atoms with Crippen LogP contribution in [0.5, 0.6) is 0 Å². The third-order valence-corrected chi connectivity index (χ3v) is 0.492. The maximum Gasteiger partial charge on any atom is 0.0696 e. The molecule has 0 atom stereocenters. The topological polar surface area (TPSA) is 18.5 Å². The second kappa shape index (κ2) is 10.2. The summed E-state index contributed by atoms with van der Waals surface area (Å²) >= 11 is 0. The minimum atomic E-state index is 0. The molecule has 0 saturated heterocycles. The minimum Gasteiger partial charge on any atom is -0.382 e. The summed E-state index contributed by atoms with van der Waals surface area (Å²) in [5.41, 5.74) is 0. The summed E-state index contributed by atoms with van der Waals surface area (Å²) in [5.74, 6) is 0. The first-order valence-corrected chi connectivity index (χ1v) is 1.89. The van der Waals surface area contributed by atoms with Gasteiger partial charge in [0.25, 0.3) is 0 Å². The first kappa shape index (κ1) is 11.0. The monoisotopic (exact) mass is 229 g/mol. The Morgan fingerprint density at radius 1 is 1.00 bits per heavy atom. The van der Waals surface area contributed by atoms with Gasteiger partial charge in [0.2, 0.25) is 0 Å². The minimum absolute atomic E-state index is 0. The molecule has 0 bridgehead atoms. The maximum absolute atomic E-state index is 4.66. The molecule has 3 heteroatoms. The summed E-state index contributed by atoms with van der Waals surface area (Å²) in [6.07, 6.45) is 0. The molecule has 0 saturated carbocycles. The Kier molecular flexibility index (Phi) is 16.0. The summed E-state index contributed by atoms with van der Waals surface area (Å²) in [6.45, 7) is 1.38. The van der Waals surface area contributed by atoms with Gasteiger partial charge in [-0.2, -0.15) is 0 Å². The van der Waals surface area contributed by atoms with Crippen molar-refractivity contribution in [2.45, 2.75) is 0 Å². The van der Waals surface area contributed by atoms with Crippen LogP contribution in [0.25, 0.3) is 0 Å². The second-order valence-corrected chi connectivity index (χ2v) is 0.986. The second-order valence-electron chi connectivity index (χ2n) is 0.986. The molecule has 0 unspecified atom stereocenters. The van der Waals surface area contributed by atoms with E-state index in [1.165, 1.54) is 0 Å². The standard InChI is InChI=1S/C4H10O2.La/c1-5-3-4-6-2;/h3-4H2,1-2H3;. The molecule has 7 heavy (non-hydrogen) atoms. The van der Waals surface area contributed by atoms with E-state index >= 15 is 0 Å². The van der Waals surface area contributed by atoms with Crippen molar-refractivity contribution in [3.05, 3.63) is 0 Å². The zero-order valence-corrected chi connectivity index (χ0v) is 8.43. The van der Waals surface area contributed by atoms with Crippen molar-refractivity contribution >= 4 is 0 Å². The van der Waals surface area contributed by atoms with Crippen molar-refractivity contribution in [3.63, 3.8) is 0 Å². The number of ether oxygens (including phenoxy) is 2. The summed E-state index contributed by atoms with van der Waals surface area (Å²) < 4.78 is 9.31. The van der Waals surface area contributed by atoms with Gasteiger partial charge in [-0.3, -0.25) is 0 Å². The van der Waals surface area contributed by atoms with Crippen LogP contribution >= 0.6 is 0 Å². The molecule has 2 nitrogen and oxygen atoms in total. The first-order valence-electron chi connectivity index (χ1n) is 1.89. The molecule has 0 amide bonds. The van der Waals surface area contributed by atoms with Gasteiger partial charge >= 0.3 is 0 Å². The Bertz CT molecular complexity index is 21.7. The van der Waals surface area contributed by atoms with Gasteiger partial charge in [0.1, 0.15) is 0 Å². The molecule has 0 aromatic heterocycles. The van der Waals surface area contributed by atoms with E-state index in [1.54, 1.807) is 14.2 Å². The van der Waals surface area contributed by atoms with Gasteiger partial charge in [-0.1, -0.05) is 0 Å². The summed E-state index contributed by atoms with van der Waals surface area (Å²) in [4.78, 5) is 0. The average molecular weight is 229 g/mol. The van der Waals surface area contributed by atoms with E-state index in [2.05, 4.69) is 9.47 Å². The maximum atomic E-state index is 4.66.